The fourth-order valence-corrected chi connectivity index (χ4v) is 2.60. The van der Waals surface area contributed by atoms with Crippen LogP contribution in [0.25, 0.3) is 0 Å². The van der Waals surface area contributed by atoms with Crippen LogP contribution in [0.2, 0.25) is 0 Å². The van der Waals surface area contributed by atoms with E-state index in [4.69, 9.17) is 9.47 Å². The van der Waals surface area contributed by atoms with E-state index in [1.807, 2.05) is 14.1 Å². The van der Waals surface area contributed by atoms with Gasteiger partial charge in [0.1, 0.15) is 12.6 Å². The van der Waals surface area contributed by atoms with E-state index in [1.54, 1.807) is 4.90 Å². The van der Waals surface area contributed by atoms with Gasteiger partial charge in [-0.15, -0.1) is 0 Å². The van der Waals surface area contributed by atoms with E-state index in [0.29, 0.717) is 25.6 Å². The summed E-state index contributed by atoms with van der Waals surface area (Å²) in [6.07, 6.45) is 1.42. The van der Waals surface area contributed by atoms with Gasteiger partial charge in [0.2, 0.25) is 5.91 Å². The Morgan fingerprint density at radius 3 is 2.90 bits per heavy atom. The Labute approximate surface area is 125 Å². The molecule has 7 nitrogen and oxygen atoms in total. The van der Waals surface area contributed by atoms with Crippen LogP contribution in [0, 0.1) is 5.92 Å². The number of hydrogen-bond acceptors (Lipinski definition) is 5. The Kier molecular flexibility index (Phi) is 5.81. The van der Waals surface area contributed by atoms with Gasteiger partial charge in [-0.1, -0.05) is 0 Å². The molecule has 2 heterocycles. The van der Waals surface area contributed by atoms with Crippen molar-refractivity contribution in [3.05, 3.63) is 0 Å². The minimum atomic E-state index is -0.502. The Hall–Kier alpha value is -1.34. The summed E-state index contributed by atoms with van der Waals surface area (Å²) in [6, 6.07) is -0.502. The fraction of sp³-hybridized carbons (Fsp3) is 0.857. The topological polar surface area (TPSA) is 71.1 Å². The third-order valence-electron chi connectivity index (χ3n) is 3.84. The van der Waals surface area contributed by atoms with Crippen molar-refractivity contribution in [3.8, 4) is 0 Å². The highest BCUT2D eigenvalue weighted by atomic mass is 16.6. The molecule has 7 heteroatoms. The zero-order valence-corrected chi connectivity index (χ0v) is 12.8. The predicted octanol–water partition coefficient (Wildman–Crippen LogP) is -0.0884. The van der Waals surface area contributed by atoms with E-state index in [0.717, 1.165) is 26.0 Å². The number of cyclic esters (lactones) is 1. The summed E-state index contributed by atoms with van der Waals surface area (Å²) < 4.78 is 10.3. The quantitative estimate of drug-likeness (QED) is 0.665. The number of carbonyl (C=O) groups excluding carboxylic acids is 2. The number of carbonyl (C=O) groups is 2. The molecule has 0 aromatic rings. The molecular formula is C14H25N3O4. The van der Waals surface area contributed by atoms with Crippen molar-refractivity contribution in [1.29, 1.82) is 0 Å². The maximum absolute atomic E-state index is 12.2. The van der Waals surface area contributed by atoms with Gasteiger partial charge in [-0.3, -0.25) is 9.69 Å². The Morgan fingerprint density at radius 1 is 1.43 bits per heavy atom. The zero-order valence-electron chi connectivity index (χ0n) is 12.8. The molecule has 2 atom stereocenters. The summed E-state index contributed by atoms with van der Waals surface area (Å²) >= 11 is 0. The molecule has 0 radical (unpaired) electrons. The summed E-state index contributed by atoms with van der Waals surface area (Å²) in [6.45, 7) is 3.60. The Bertz CT molecular complexity index is 369. The van der Waals surface area contributed by atoms with Crippen LogP contribution in [0.3, 0.4) is 0 Å². The van der Waals surface area contributed by atoms with Crippen molar-refractivity contribution in [3.63, 3.8) is 0 Å². The van der Waals surface area contributed by atoms with Crippen molar-refractivity contribution in [1.82, 2.24) is 15.1 Å². The van der Waals surface area contributed by atoms with Crippen LogP contribution in [0.5, 0.6) is 0 Å². The molecule has 1 N–H and O–H groups in total. The van der Waals surface area contributed by atoms with Gasteiger partial charge < -0.3 is 19.7 Å². The van der Waals surface area contributed by atoms with E-state index in [1.165, 1.54) is 0 Å². The van der Waals surface area contributed by atoms with Crippen molar-refractivity contribution < 1.29 is 19.1 Å². The third kappa shape index (κ3) is 4.57. The van der Waals surface area contributed by atoms with Crippen molar-refractivity contribution in [2.45, 2.75) is 18.9 Å². The number of ether oxygens (including phenoxy) is 2. The normalized spacial score (nSPS) is 25.5. The van der Waals surface area contributed by atoms with E-state index in [-0.39, 0.29) is 12.5 Å². The highest BCUT2D eigenvalue weighted by Gasteiger charge is 2.39. The lowest BCUT2D eigenvalue weighted by molar-refractivity contribution is -0.125. The van der Waals surface area contributed by atoms with Crippen LogP contribution in [0.15, 0.2) is 0 Å². The van der Waals surface area contributed by atoms with E-state index in [9.17, 15) is 9.59 Å². The summed E-state index contributed by atoms with van der Waals surface area (Å²) in [5.74, 6) is 0.179. The van der Waals surface area contributed by atoms with E-state index in [2.05, 4.69) is 10.2 Å². The van der Waals surface area contributed by atoms with Gasteiger partial charge in [0.15, 0.2) is 0 Å². The van der Waals surface area contributed by atoms with Crippen LogP contribution >= 0.6 is 0 Å². The van der Waals surface area contributed by atoms with Gasteiger partial charge in [-0.05, 0) is 33.5 Å². The molecule has 21 heavy (non-hydrogen) atoms. The second kappa shape index (κ2) is 7.61. The molecule has 0 spiro atoms. The number of rotatable bonds is 7. The molecular weight excluding hydrogens is 274 g/mol. The van der Waals surface area contributed by atoms with Crippen LogP contribution in [0.1, 0.15) is 12.8 Å². The average molecular weight is 299 g/mol. The first kappa shape index (κ1) is 16.0. The molecule has 0 saturated carbocycles. The van der Waals surface area contributed by atoms with Crippen LogP contribution in [-0.2, 0) is 14.3 Å². The van der Waals surface area contributed by atoms with Crippen LogP contribution in [0.4, 0.5) is 4.79 Å². The maximum atomic E-state index is 12.2. The average Bonchev–Trinajstić information content (AvgIpc) is 3.06. The fourth-order valence-electron chi connectivity index (χ4n) is 2.60. The minimum absolute atomic E-state index is 0.126. The molecule has 2 rings (SSSR count). The summed E-state index contributed by atoms with van der Waals surface area (Å²) in [5.41, 5.74) is 0. The molecule has 0 aromatic heterocycles. The van der Waals surface area contributed by atoms with Crippen molar-refractivity contribution >= 4 is 12.0 Å². The molecule has 0 aliphatic carbocycles. The Morgan fingerprint density at radius 2 is 2.24 bits per heavy atom. The van der Waals surface area contributed by atoms with Gasteiger partial charge in [0.25, 0.3) is 0 Å². The van der Waals surface area contributed by atoms with Crippen molar-refractivity contribution in [2.24, 2.45) is 5.92 Å². The molecule has 120 valence electrons. The number of amides is 2. The first-order valence-electron chi connectivity index (χ1n) is 7.51. The van der Waals surface area contributed by atoms with Crippen molar-refractivity contribution in [2.75, 3.05) is 53.6 Å². The molecule has 2 amide bonds. The molecule has 1 unspecified atom stereocenters. The highest BCUT2D eigenvalue weighted by molar-refractivity contribution is 5.87. The van der Waals surface area contributed by atoms with Gasteiger partial charge in [0.05, 0.1) is 6.61 Å². The lowest BCUT2D eigenvalue weighted by Gasteiger charge is -2.23. The molecule has 2 aliphatic heterocycles. The largest absolute Gasteiger partial charge is 0.447 e. The lowest BCUT2D eigenvalue weighted by atomic mass is 10.1. The molecule has 2 saturated heterocycles. The SMILES string of the molecule is CN(C)CCCNC(=O)[C@@H]1COC(=O)N1CC1CCOC1. The second-order valence-electron chi connectivity index (χ2n) is 5.92. The molecule has 2 aliphatic rings. The van der Waals surface area contributed by atoms with Crippen LogP contribution in [-0.4, -0.2) is 81.4 Å². The molecule has 0 bridgehead atoms. The van der Waals surface area contributed by atoms with Gasteiger partial charge in [-0.25, -0.2) is 4.79 Å². The van der Waals surface area contributed by atoms with E-state index < -0.39 is 12.1 Å². The first-order chi connectivity index (χ1) is 10.1. The zero-order chi connectivity index (χ0) is 15.2. The number of nitrogens with one attached hydrogen (secondary N) is 1. The lowest BCUT2D eigenvalue weighted by Crippen LogP contribution is -2.47. The summed E-state index contributed by atoms with van der Waals surface area (Å²) in [4.78, 5) is 27.6. The highest BCUT2D eigenvalue weighted by Crippen LogP contribution is 2.19. The predicted molar refractivity (Wildman–Crippen MR) is 76.9 cm³/mol. The minimum Gasteiger partial charge on any atom is -0.447 e. The molecule has 0 aromatic carbocycles. The van der Waals surface area contributed by atoms with Gasteiger partial charge >= 0.3 is 6.09 Å². The molecule has 2 fully saturated rings. The van der Waals surface area contributed by atoms with Gasteiger partial charge in [0, 0.05) is 25.6 Å². The second-order valence-corrected chi connectivity index (χ2v) is 5.92. The summed E-state index contributed by atoms with van der Waals surface area (Å²) in [5, 5.41) is 2.88. The Balaban J connectivity index is 1.79. The van der Waals surface area contributed by atoms with Gasteiger partial charge in [-0.2, -0.15) is 0 Å². The summed E-state index contributed by atoms with van der Waals surface area (Å²) in [7, 11) is 3.99. The first-order valence-corrected chi connectivity index (χ1v) is 7.51. The number of hydrogen-bond donors (Lipinski definition) is 1. The smallest absolute Gasteiger partial charge is 0.410 e. The monoisotopic (exact) mass is 299 g/mol. The van der Waals surface area contributed by atoms with E-state index >= 15 is 0 Å². The number of nitrogens with zero attached hydrogens (tertiary/aromatic N) is 2. The standard InChI is InChI=1S/C14H25N3O4/c1-16(2)6-3-5-15-13(18)12-10-21-14(19)17(12)8-11-4-7-20-9-11/h11-12H,3-10H2,1-2H3,(H,15,18)/t11?,12-/m0/s1. The maximum Gasteiger partial charge on any atom is 0.410 e. The van der Waals surface area contributed by atoms with Crippen LogP contribution < -0.4 is 5.32 Å². The third-order valence-corrected chi connectivity index (χ3v) is 3.84.